The highest BCUT2D eigenvalue weighted by molar-refractivity contribution is 6.47. The maximum atomic E-state index is 13.1. The van der Waals surface area contributed by atoms with Crippen molar-refractivity contribution in [3.8, 4) is 11.5 Å². The van der Waals surface area contributed by atoms with E-state index in [2.05, 4.69) is 0 Å². The lowest BCUT2D eigenvalue weighted by molar-refractivity contribution is -0.140. The summed E-state index contributed by atoms with van der Waals surface area (Å²) in [5.41, 5.74) is 0.870. The number of carbonyl (C=O) groups excluding carboxylic acids is 2. The molecular weight excluding hydrogens is 432 g/mol. The van der Waals surface area contributed by atoms with Crippen molar-refractivity contribution in [1.82, 2.24) is 9.80 Å². The molecule has 0 radical (unpaired) electrons. The van der Waals surface area contributed by atoms with E-state index in [1.807, 2.05) is 32.0 Å². The first-order valence-corrected chi connectivity index (χ1v) is 10.7. The van der Waals surface area contributed by atoms with E-state index in [4.69, 9.17) is 21.1 Å². The first-order chi connectivity index (χ1) is 15.3. The molecule has 7 nitrogen and oxygen atoms in total. The number of aliphatic hydroxyl groups excluding tert-OH is 1. The topological polar surface area (TPSA) is 79.3 Å². The average Bonchev–Trinajstić information content (AvgIpc) is 3.02. The van der Waals surface area contributed by atoms with Crippen LogP contribution in [0.1, 0.15) is 24.1 Å². The van der Waals surface area contributed by atoms with Gasteiger partial charge in [-0.1, -0.05) is 23.7 Å². The second kappa shape index (κ2) is 10.1. The summed E-state index contributed by atoms with van der Waals surface area (Å²) < 4.78 is 10.8. The van der Waals surface area contributed by atoms with Crippen LogP contribution in [-0.4, -0.2) is 67.5 Å². The quantitative estimate of drug-likeness (QED) is 0.369. The van der Waals surface area contributed by atoms with Gasteiger partial charge < -0.3 is 24.4 Å². The zero-order valence-electron chi connectivity index (χ0n) is 18.6. The van der Waals surface area contributed by atoms with Gasteiger partial charge in [-0.2, -0.15) is 0 Å². The van der Waals surface area contributed by atoms with Crippen LogP contribution in [0.25, 0.3) is 5.76 Å². The third-order valence-electron chi connectivity index (χ3n) is 5.24. The molecule has 3 rings (SSSR count). The van der Waals surface area contributed by atoms with Crippen molar-refractivity contribution in [2.75, 3.05) is 40.9 Å². The predicted molar refractivity (Wildman–Crippen MR) is 123 cm³/mol. The second-order valence-corrected chi connectivity index (χ2v) is 8.05. The van der Waals surface area contributed by atoms with E-state index in [0.29, 0.717) is 36.8 Å². The number of hydrogen-bond acceptors (Lipinski definition) is 6. The van der Waals surface area contributed by atoms with Gasteiger partial charge in [-0.25, -0.2) is 0 Å². The SMILES string of the molecule is CCOc1cccc(C2/C(=C(\O)c3cc(OC)ccc3Cl)C(=O)C(=O)N2CCN(C)C)c1. The van der Waals surface area contributed by atoms with Crippen molar-refractivity contribution in [1.29, 1.82) is 0 Å². The van der Waals surface area contributed by atoms with Gasteiger partial charge in [0, 0.05) is 18.7 Å². The van der Waals surface area contributed by atoms with Crippen LogP contribution < -0.4 is 9.47 Å². The number of nitrogens with zero attached hydrogens (tertiary/aromatic N) is 2. The first kappa shape index (κ1) is 23.6. The molecule has 32 heavy (non-hydrogen) atoms. The largest absolute Gasteiger partial charge is 0.507 e. The first-order valence-electron chi connectivity index (χ1n) is 10.3. The van der Waals surface area contributed by atoms with Crippen LogP contribution in [0.15, 0.2) is 48.0 Å². The van der Waals surface area contributed by atoms with Crippen LogP contribution in [-0.2, 0) is 9.59 Å². The third-order valence-corrected chi connectivity index (χ3v) is 5.57. The number of carbonyl (C=O) groups is 2. The predicted octanol–water partition coefficient (Wildman–Crippen LogP) is 3.73. The fraction of sp³-hybridized carbons (Fsp3) is 0.333. The Morgan fingerprint density at radius 1 is 1.16 bits per heavy atom. The van der Waals surface area contributed by atoms with Crippen molar-refractivity contribution >= 4 is 29.1 Å². The summed E-state index contributed by atoms with van der Waals surface area (Å²) in [7, 11) is 5.27. The number of amides is 1. The molecule has 2 aromatic carbocycles. The maximum absolute atomic E-state index is 13.1. The van der Waals surface area contributed by atoms with Crippen molar-refractivity contribution in [3.63, 3.8) is 0 Å². The Balaban J connectivity index is 2.20. The van der Waals surface area contributed by atoms with Crippen molar-refractivity contribution in [2.45, 2.75) is 13.0 Å². The molecule has 1 aliphatic rings. The summed E-state index contributed by atoms with van der Waals surface area (Å²) in [4.78, 5) is 29.5. The number of benzene rings is 2. The van der Waals surface area contributed by atoms with Crippen LogP contribution >= 0.6 is 11.6 Å². The Kier molecular flexibility index (Phi) is 7.43. The number of likely N-dealkylation sites (N-methyl/N-ethyl adjacent to an activating group) is 1. The minimum absolute atomic E-state index is 0.0162. The summed E-state index contributed by atoms with van der Waals surface area (Å²) in [6, 6.07) is 11.2. The average molecular weight is 459 g/mol. The minimum atomic E-state index is -0.780. The lowest BCUT2D eigenvalue weighted by Crippen LogP contribution is -2.35. The fourth-order valence-electron chi connectivity index (χ4n) is 3.66. The zero-order valence-corrected chi connectivity index (χ0v) is 19.3. The summed E-state index contributed by atoms with van der Waals surface area (Å²) in [6.07, 6.45) is 0. The Morgan fingerprint density at radius 3 is 2.56 bits per heavy atom. The molecule has 1 heterocycles. The molecule has 1 atom stereocenters. The highest BCUT2D eigenvalue weighted by Crippen LogP contribution is 2.41. The number of hydrogen-bond donors (Lipinski definition) is 1. The monoisotopic (exact) mass is 458 g/mol. The maximum Gasteiger partial charge on any atom is 0.295 e. The van der Waals surface area contributed by atoms with Crippen molar-refractivity contribution in [3.05, 3.63) is 64.2 Å². The number of ketones is 1. The summed E-state index contributed by atoms with van der Waals surface area (Å²) >= 11 is 6.32. The number of halogens is 1. The molecular formula is C24H27ClN2O5. The molecule has 1 N–H and O–H groups in total. The highest BCUT2D eigenvalue weighted by Gasteiger charge is 2.46. The molecule has 0 spiro atoms. The van der Waals surface area contributed by atoms with E-state index in [9.17, 15) is 14.7 Å². The number of likely N-dealkylation sites (tertiary alicyclic amines) is 1. The van der Waals surface area contributed by atoms with Crippen LogP contribution in [0.5, 0.6) is 11.5 Å². The van der Waals surface area contributed by atoms with Gasteiger partial charge in [-0.05, 0) is 56.9 Å². The van der Waals surface area contributed by atoms with Gasteiger partial charge in [0.05, 0.1) is 30.4 Å². The molecule has 8 heteroatoms. The van der Waals surface area contributed by atoms with Gasteiger partial charge in [0.2, 0.25) is 0 Å². The normalized spacial score (nSPS) is 17.8. The summed E-state index contributed by atoms with van der Waals surface area (Å²) in [5.74, 6) is -0.687. The Hall–Kier alpha value is -3.03. The third kappa shape index (κ3) is 4.74. The molecule has 2 aromatic rings. The number of rotatable bonds is 8. The summed E-state index contributed by atoms with van der Waals surface area (Å²) in [5, 5.41) is 11.4. The molecule has 0 bridgehead atoms. The van der Waals surface area contributed by atoms with Gasteiger partial charge in [-0.3, -0.25) is 9.59 Å². The smallest absolute Gasteiger partial charge is 0.295 e. The fourth-order valence-corrected chi connectivity index (χ4v) is 3.87. The number of ether oxygens (including phenoxy) is 2. The standard InChI is InChI=1S/C24H27ClN2O5/c1-5-32-17-8-6-7-15(13-17)21-20(23(29)24(30)27(21)12-11-26(2)3)22(28)18-14-16(31-4)9-10-19(18)25/h6-10,13-14,21,28H,5,11-12H2,1-4H3/b22-20+. The van der Waals surface area contributed by atoms with Crippen LogP contribution in [0, 0.1) is 0 Å². The number of Topliss-reactive ketones (excluding diaryl/α,β-unsaturated/α-hetero) is 1. The van der Waals surface area contributed by atoms with E-state index in [0.717, 1.165) is 0 Å². The van der Waals surface area contributed by atoms with Gasteiger partial charge in [0.25, 0.3) is 11.7 Å². The van der Waals surface area contributed by atoms with Crippen molar-refractivity contribution < 1.29 is 24.2 Å². The minimum Gasteiger partial charge on any atom is -0.507 e. The molecule has 1 amide bonds. The summed E-state index contributed by atoms with van der Waals surface area (Å²) in [6.45, 7) is 3.21. The van der Waals surface area contributed by atoms with E-state index in [1.165, 1.54) is 12.0 Å². The number of aliphatic hydroxyl groups is 1. The zero-order chi connectivity index (χ0) is 23.4. The van der Waals surface area contributed by atoms with Gasteiger partial charge in [0.15, 0.2) is 0 Å². The lowest BCUT2D eigenvalue weighted by Gasteiger charge is -2.27. The molecule has 0 aromatic heterocycles. The van der Waals surface area contributed by atoms with E-state index >= 15 is 0 Å². The lowest BCUT2D eigenvalue weighted by atomic mass is 9.95. The van der Waals surface area contributed by atoms with Gasteiger partial charge in [0.1, 0.15) is 17.3 Å². The van der Waals surface area contributed by atoms with Gasteiger partial charge in [-0.15, -0.1) is 0 Å². The highest BCUT2D eigenvalue weighted by atomic mass is 35.5. The van der Waals surface area contributed by atoms with E-state index in [-0.39, 0.29) is 21.9 Å². The molecule has 170 valence electrons. The molecule has 1 saturated heterocycles. The molecule has 1 unspecified atom stereocenters. The Morgan fingerprint density at radius 2 is 1.91 bits per heavy atom. The van der Waals surface area contributed by atoms with Crippen LogP contribution in [0.4, 0.5) is 0 Å². The number of methoxy groups -OCH3 is 1. The van der Waals surface area contributed by atoms with Gasteiger partial charge >= 0.3 is 0 Å². The Labute approximate surface area is 192 Å². The van der Waals surface area contributed by atoms with E-state index in [1.54, 1.807) is 36.4 Å². The Bertz CT molecular complexity index is 1050. The molecule has 0 aliphatic carbocycles. The second-order valence-electron chi connectivity index (χ2n) is 7.65. The molecule has 1 fully saturated rings. The molecule has 1 aliphatic heterocycles. The van der Waals surface area contributed by atoms with Crippen LogP contribution in [0.2, 0.25) is 5.02 Å². The molecule has 0 saturated carbocycles. The van der Waals surface area contributed by atoms with Crippen LogP contribution in [0.3, 0.4) is 0 Å². The van der Waals surface area contributed by atoms with E-state index < -0.39 is 17.7 Å². The van der Waals surface area contributed by atoms with Crippen molar-refractivity contribution in [2.24, 2.45) is 0 Å².